The number of hydrogen-bond acceptors (Lipinski definition) is 6. The first-order valence-electron chi connectivity index (χ1n) is 9.90. The van der Waals surface area contributed by atoms with Gasteiger partial charge in [0.2, 0.25) is 0 Å². The third-order valence-electron chi connectivity index (χ3n) is 4.89. The first-order valence-corrected chi connectivity index (χ1v) is 13.0. The Morgan fingerprint density at radius 1 is 0.938 bits per heavy atom. The van der Waals surface area contributed by atoms with Crippen molar-refractivity contribution in [2.45, 2.75) is 46.8 Å². The van der Waals surface area contributed by atoms with Crippen molar-refractivity contribution in [2.75, 3.05) is 13.7 Å². The van der Waals surface area contributed by atoms with Crippen LogP contribution >= 0.6 is 0 Å². The largest absolute Gasteiger partial charge is 0.494 e. The van der Waals surface area contributed by atoms with E-state index in [1.807, 2.05) is 0 Å². The van der Waals surface area contributed by atoms with E-state index in [4.69, 9.17) is 18.3 Å². The van der Waals surface area contributed by atoms with Crippen LogP contribution in [0.5, 0.6) is 11.5 Å². The maximum absolute atomic E-state index is 12.4. The molecule has 3 aromatic rings. The minimum Gasteiger partial charge on any atom is -0.494 e. The fraction of sp³-hybridized carbons (Fsp3) is 0.360. The van der Waals surface area contributed by atoms with Crippen LogP contribution in [0.15, 0.2) is 63.8 Å². The van der Waals surface area contributed by atoms with Crippen LogP contribution in [0.1, 0.15) is 38.1 Å². The molecule has 0 saturated heterocycles. The van der Waals surface area contributed by atoms with Crippen molar-refractivity contribution in [3.63, 3.8) is 0 Å². The van der Waals surface area contributed by atoms with Gasteiger partial charge < -0.3 is 18.3 Å². The van der Waals surface area contributed by atoms with E-state index in [1.165, 1.54) is 12.1 Å². The molecular weight excluding hydrogens is 424 g/mol. The fourth-order valence-corrected chi connectivity index (χ4v) is 4.21. The molecule has 0 radical (unpaired) electrons. The van der Waals surface area contributed by atoms with Crippen molar-refractivity contribution in [1.82, 2.24) is 0 Å². The van der Waals surface area contributed by atoms with Crippen molar-refractivity contribution in [3.05, 3.63) is 70.6 Å². The summed E-state index contributed by atoms with van der Waals surface area (Å²) in [5.74, 6) is 0.526. The molecule has 0 bridgehead atoms. The van der Waals surface area contributed by atoms with Gasteiger partial charge in [-0.05, 0) is 68.0 Å². The highest BCUT2D eigenvalue weighted by Gasteiger charge is 2.19. The molecule has 1 aromatic heterocycles. The van der Waals surface area contributed by atoms with Crippen LogP contribution in [0.25, 0.3) is 11.0 Å². The normalized spacial score (nSPS) is 10.7. The Bertz CT molecular complexity index is 1060. The first kappa shape index (κ1) is 27.1. The van der Waals surface area contributed by atoms with Crippen LogP contribution in [0.2, 0.25) is 19.1 Å². The van der Waals surface area contributed by atoms with E-state index >= 15 is 0 Å². The molecule has 0 saturated carbocycles. The molecule has 32 heavy (non-hydrogen) atoms. The van der Waals surface area contributed by atoms with Gasteiger partial charge in [-0.2, -0.15) is 0 Å². The van der Waals surface area contributed by atoms with Crippen molar-refractivity contribution in [2.24, 2.45) is 0 Å². The molecule has 2 aromatic carbocycles. The Kier molecular flexibility index (Phi) is 10.4. The standard InChI is InChI=1S/C23H26O6Si.2CH4/c1-26-30(2,3)15-5-4-14-27-19-10-7-18(8-11-19)23(25)28-20-12-6-17-9-13-22(24)29-21(17)16-20;;/h6-13,16H,4-5,14-15H2,1-3H3;2*1H4. The van der Waals surface area contributed by atoms with E-state index in [1.54, 1.807) is 49.6 Å². The molecule has 0 aliphatic rings. The third-order valence-corrected chi connectivity index (χ3v) is 7.55. The second kappa shape index (κ2) is 12.2. The molecule has 3 rings (SSSR count). The Hall–Kier alpha value is -2.90. The Morgan fingerprint density at radius 2 is 1.59 bits per heavy atom. The highest BCUT2D eigenvalue weighted by molar-refractivity contribution is 6.71. The second-order valence-corrected chi connectivity index (χ2v) is 12.1. The van der Waals surface area contributed by atoms with Gasteiger partial charge in [0, 0.05) is 24.6 Å². The van der Waals surface area contributed by atoms with Gasteiger partial charge in [0.1, 0.15) is 17.1 Å². The maximum Gasteiger partial charge on any atom is 0.343 e. The number of carbonyl (C=O) groups excluding carboxylic acids is 1. The Morgan fingerprint density at radius 3 is 2.28 bits per heavy atom. The minimum absolute atomic E-state index is 0. The molecule has 0 aliphatic heterocycles. The summed E-state index contributed by atoms with van der Waals surface area (Å²) in [7, 11) is 0.279. The lowest BCUT2D eigenvalue weighted by Crippen LogP contribution is -2.28. The quantitative estimate of drug-likeness (QED) is 0.123. The molecule has 0 unspecified atom stereocenters. The maximum atomic E-state index is 12.4. The van der Waals surface area contributed by atoms with Crippen LogP contribution in [0, 0.1) is 0 Å². The summed E-state index contributed by atoms with van der Waals surface area (Å²) < 4.78 is 21.8. The lowest BCUT2D eigenvalue weighted by Gasteiger charge is -2.19. The molecule has 7 heteroatoms. The van der Waals surface area contributed by atoms with E-state index < -0.39 is 19.9 Å². The van der Waals surface area contributed by atoms with E-state index in [0.29, 0.717) is 29.3 Å². The van der Waals surface area contributed by atoms with E-state index in [0.717, 1.165) is 24.3 Å². The van der Waals surface area contributed by atoms with Gasteiger partial charge in [0.25, 0.3) is 0 Å². The number of benzene rings is 2. The average Bonchev–Trinajstić information content (AvgIpc) is 2.73. The van der Waals surface area contributed by atoms with Crippen LogP contribution in [-0.2, 0) is 4.43 Å². The van der Waals surface area contributed by atoms with Crippen molar-refractivity contribution in [3.8, 4) is 11.5 Å². The molecule has 0 amide bonds. The highest BCUT2D eigenvalue weighted by atomic mass is 28.4. The number of esters is 1. The monoisotopic (exact) mass is 458 g/mol. The molecule has 174 valence electrons. The summed E-state index contributed by atoms with van der Waals surface area (Å²) in [6.07, 6.45) is 2.03. The van der Waals surface area contributed by atoms with Gasteiger partial charge in [0.05, 0.1) is 12.2 Å². The number of unbranched alkanes of at least 4 members (excludes halogenated alkanes) is 1. The summed E-state index contributed by atoms with van der Waals surface area (Å²) in [4.78, 5) is 23.7. The number of ether oxygens (including phenoxy) is 2. The summed E-state index contributed by atoms with van der Waals surface area (Å²) in [5.41, 5.74) is 0.323. The predicted molar refractivity (Wildman–Crippen MR) is 131 cm³/mol. The smallest absolute Gasteiger partial charge is 0.343 e. The van der Waals surface area contributed by atoms with Crippen LogP contribution in [-0.4, -0.2) is 28.0 Å². The SMILES string of the molecule is C.C.CO[Si](C)(C)CCCCOc1ccc(C(=O)Oc2ccc3ccc(=O)oc3c2)cc1. The minimum atomic E-state index is -1.51. The van der Waals surface area contributed by atoms with Crippen molar-refractivity contribution < 1.29 is 23.1 Å². The second-order valence-electron chi connectivity index (χ2n) is 7.64. The zero-order chi connectivity index (χ0) is 21.6. The lowest BCUT2D eigenvalue weighted by molar-refractivity contribution is 0.0735. The molecule has 0 fully saturated rings. The Labute approximate surface area is 191 Å². The van der Waals surface area contributed by atoms with Gasteiger partial charge in [-0.15, -0.1) is 0 Å². The molecule has 0 N–H and O–H groups in total. The van der Waals surface area contributed by atoms with Gasteiger partial charge in [0.15, 0.2) is 8.32 Å². The molecule has 0 aliphatic carbocycles. The highest BCUT2D eigenvalue weighted by Crippen LogP contribution is 2.21. The van der Waals surface area contributed by atoms with Gasteiger partial charge in [-0.1, -0.05) is 21.3 Å². The molecule has 0 spiro atoms. The number of rotatable bonds is 9. The first-order chi connectivity index (χ1) is 14.4. The van der Waals surface area contributed by atoms with Crippen molar-refractivity contribution >= 4 is 25.3 Å². The van der Waals surface area contributed by atoms with E-state index in [9.17, 15) is 9.59 Å². The predicted octanol–water partition coefficient (Wildman–Crippen LogP) is 6.29. The zero-order valence-electron chi connectivity index (χ0n) is 17.5. The topological polar surface area (TPSA) is 75.0 Å². The average molecular weight is 459 g/mol. The van der Waals surface area contributed by atoms with Crippen LogP contribution in [0.3, 0.4) is 0 Å². The number of hydrogen-bond donors (Lipinski definition) is 0. The van der Waals surface area contributed by atoms with E-state index in [2.05, 4.69) is 13.1 Å². The molecule has 6 nitrogen and oxygen atoms in total. The summed E-state index contributed by atoms with van der Waals surface area (Å²) in [6, 6.07) is 15.9. The van der Waals surface area contributed by atoms with Crippen molar-refractivity contribution in [1.29, 1.82) is 0 Å². The number of fused-ring (bicyclic) bond motifs is 1. The van der Waals surface area contributed by atoms with Crippen LogP contribution < -0.4 is 15.1 Å². The van der Waals surface area contributed by atoms with Gasteiger partial charge in [-0.3, -0.25) is 0 Å². The molecule has 0 atom stereocenters. The summed E-state index contributed by atoms with van der Waals surface area (Å²) >= 11 is 0. The van der Waals surface area contributed by atoms with Gasteiger partial charge >= 0.3 is 11.6 Å². The summed E-state index contributed by atoms with van der Waals surface area (Å²) in [6.45, 7) is 5.04. The van der Waals surface area contributed by atoms with Crippen LogP contribution in [0.4, 0.5) is 0 Å². The molecule has 1 heterocycles. The van der Waals surface area contributed by atoms with Gasteiger partial charge in [-0.25, -0.2) is 9.59 Å². The van der Waals surface area contributed by atoms with E-state index in [-0.39, 0.29) is 14.9 Å². The fourth-order valence-electron chi connectivity index (χ4n) is 2.90. The Balaban J connectivity index is 0.00000256. The molecular formula is C25H34O6Si. The third kappa shape index (κ3) is 7.66. The lowest BCUT2D eigenvalue weighted by atomic mass is 10.2. The summed E-state index contributed by atoms with van der Waals surface area (Å²) in [5, 5.41) is 0.754. The number of carbonyl (C=O) groups is 1. The zero-order valence-corrected chi connectivity index (χ0v) is 18.5.